The van der Waals surface area contributed by atoms with Crippen LogP contribution in [0.25, 0.3) is 10.9 Å². The van der Waals surface area contributed by atoms with Crippen LogP contribution >= 0.6 is 0 Å². The number of aliphatic imine (C=N–C) groups is 1. The van der Waals surface area contributed by atoms with Crippen molar-refractivity contribution in [3.63, 3.8) is 0 Å². The third-order valence-electron chi connectivity index (χ3n) is 5.67. The lowest BCUT2D eigenvalue weighted by Gasteiger charge is -2.31. The molecule has 1 aromatic carbocycles. The van der Waals surface area contributed by atoms with Crippen molar-refractivity contribution in [3.05, 3.63) is 36.0 Å². The number of H-pyrrole nitrogens is 1. The second-order valence-corrected chi connectivity index (χ2v) is 8.00. The maximum atomic E-state index is 12.0. The van der Waals surface area contributed by atoms with Crippen molar-refractivity contribution >= 4 is 22.8 Å². The highest BCUT2D eigenvalue weighted by Gasteiger charge is 2.22. The van der Waals surface area contributed by atoms with Crippen LogP contribution in [0.1, 0.15) is 38.2 Å². The lowest BCUT2D eigenvalue weighted by Crippen LogP contribution is -2.48. The van der Waals surface area contributed by atoms with Crippen LogP contribution in [0.4, 0.5) is 0 Å². The molecule has 1 fully saturated rings. The Hall–Kier alpha value is -2.50. The molecule has 1 aromatic heterocycles. The summed E-state index contributed by atoms with van der Waals surface area (Å²) in [5.74, 6) is 1.38. The van der Waals surface area contributed by atoms with E-state index in [1.165, 1.54) is 30.2 Å². The zero-order valence-corrected chi connectivity index (χ0v) is 17.3. The molecule has 0 radical (unpaired) electrons. The number of carbonyl (C=O) groups excluding carboxylic acids is 1. The zero-order chi connectivity index (χ0) is 19.9. The van der Waals surface area contributed by atoms with Gasteiger partial charge in [-0.1, -0.05) is 38.0 Å². The van der Waals surface area contributed by atoms with Gasteiger partial charge in [0.2, 0.25) is 5.91 Å². The van der Waals surface area contributed by atoms with Crippen LogP contribution in [0.5, 0.6) is 0 Å². The molecule has 6 heteroatoms. The van der Waals surface area contributed by atoms with Crippen molar-refractivity contribution in [3.8, 4) is 0 Å². The van der Waals surface area contributed by atoms with E-state index < -0.39 is 0 Å². The minimum Gasteiger partial charge on any atom is -0.361 e. The molecule has 2 aromatic rings. The lowest BCUT2D eigenvalue weighted by atomic mass is 9.86. The molecule has 1 aliphatic rings. The van der Waals surface area contributed by atoms with Gasteiger partial charge in [-0.15, -0.1) is 0 Å². The first-order valence-corrected chi connectivity index (χ1v) is 10.3. The van der Waals surface area contributed by atoms with E-state index >= 15 is 0 Å². The summed E-state index contributed by atoms with van der Waals surface area (Å²) in [4.78, 5) is 21.4. The number of benzene rings is 1. The van der Waals surface area contributed by atoms with E-state index in [1.54, 1.807) is 19.0 Å². The molecule has 1 amide bonds. The Morgan fingerprint density at radius 3 is 2.82 bits per heavy atom. The summed E-state index contributed by atoms with van der Waals surface area (Å²) in [6, 6.07) is 8.77. The minimum atomic E-state index is 0.00872. The van der Waals surface area contributed by atoms with Crippen molar-refractivity contribution in [2.45, 2.75) is 45.1 Å². The van der Waals surface area contributed by atoms with E-state index in [1.807, 2.05) is 6.07 Å². The molecule has 2 atom stereocenters. The summed E-state index contributed by atoms with van der Waals surface area (Å²) in [6.07, 6.45) is 7.94. The molecule has 6 nitrogen and oxygen atoms in total. The molecule has 0 bridgehead atoms. The number of guanidine groups is 1. The average molecular weight is 384 g/mol. The summed E-state index contributed by atoms with van der Waals surface area (Å²) in [7, 11) is 3.53. The van der Waals surface area contributed by atoms with Crippen LogP contribution in [-0.4, -0.2) is 55.0 Å². The second kappa shape index (κ2) is 9.62. The summed E-state index contributed by atoms with van der Waals surface area (Å²) in [5, 5.41) is 8.28. The molecule has 152 valence electrons. The average Bonchev–Trinajstić information content (AvgIpc) is 3.10. The number of amides is 1. The van der Waals surface area contributed by atoms with Crippen LogP contribution in [-0.2, 0) is 11.2 Å². The van der Waals surface area contributed by atoms with Gasteiger partial charge < -0.3 is 20.5 Å². The number of rotatable bonds is 6. The van der Waals surface area contributed by atoms with Crippen LogP contribution in [0.2, 0.25) is 0 Å². The Balaban J connectivity index is 1.62. The van der Waals surface area contributed by atoms with Gasteiger partial charge >= 0.3 is 0 Å². The molecule has 3 N–H and O–H groups in total. The molecule has 0 saturated heterocycles. The smallest absolute Gasteiger partial charge is 0.243 e. The van der Waals surface area contributed by atoms with Gasteiger partial charge in [-0.25, -0.2) is 4.99 Å². The highest BCUT2D eigenvalue weighted by atomic mass is 16.2. The maximum absolute atomic E-state index is 12.0. The zero-order valence-electron chi connectivity index (χ0n) is 17.3. The van der Waals surface area contributed by atoms with E-state index in [0.29, 0.717) is 12.0 Å². The molecule has 3 rings (SSSR count). The number of carbonyl (C=O) groups is 1. The van der Waals surface area contributed by atoms with Gasteiger partial charge in [-0.3, -0.25) is 4.79 Å². The standard InChI is InChI=1S/C22H33N5O/c1-16-8-4-6-10-19(16)26-22(25-15-21(28)27(2)3)23-13-12-17-14-24-20-11-7-5-9-18(17)20/h5,7,9,11,14,16,19,24H,4,6,8,10,12-13,15H2,1-3H3,(H2,23,25,26). The van der Waals surface area contributed by atoms with Gasteiger partial charge in [0.05, 0.1) is 0 Å². The first-order valence-electron chi connectivity index (χ1n) is 10.3. The van der Waals surface area contributed by atoms with Gasteiger partial charge in [0, 0.05) is 43.8 Å². The predicted octanol–water partition coefficient (Wildman–Crippen LogP) is 2.91. The SMILES string of the molecule is CC1CCCCC1NC(=NCC(=O)N(C)C)NCCc1c[nH]c2ccccc12. The summed E-state index contributed by atoms with van der Waals surface area (Å²) in [5.41, 5.74) is 2.45. The molecule has 1 saturated carbocycles. The van der Waals surface area contributed by atoms with Crippen molar-refractivity contribution in [1.82, 2.24) is 20.5 Å². The first-order chi connectivity index (χ1) is 13.5. The molecule has 28 heavy (non-hydrogen) atoms. The van der Waals surface area contributed by atoms with Gasteiger partial charge in [0.1, 0.15) is 6.54 Å². The summed E-state index contributed by atoms with van der Waals surface area (Å²) < 4.78 is 0. The van der Waals surface area contributed by atoms with Crippen LogP contribution in [0.15, 0.2) is 35.5 Å². The Bertz CT molecular complexity index is 810. The summed E-state index contributed by atoms with van der Waals surface area (Å²) >= 11 is 0. The molecular weight excluding hydrogens is 350 g/mol. The molecule has 1 heterocycles. The first kappa shape index (κ1) is 20.2. The van der Waals surface area contributed by atoms with Crippen LogP contribution in [0, 0.1) is 5.92 Å². The van der Waals surface area contributed by atoms with E-state index in [4.69, 9.17) is 0 Å². The van der Waals surface area contributed by atoms with Gasteiger partial charge in [-0.05, 0) is 36.8 Å². The number of aromatic nitrogens is 1. The fourth-order valence-corrected chi connectivity index (χ4v) is 3.80. The highest BCUT2D eigenvalue weighted by molar-refractivity contribution is 5.85. The van der Waals surface area contributed by atoms with Crippen molar-refractivity contribution in [2.24, 2.45) is 10.9 Å². The van der Waals surface area contributed by atoms with E-state index in [9.17, 15) is 4.79 Å². The van der Waals surface area contributed by atoms with E-state index in [-0.39, 0.29) is 12.5 Å². The normalized spacial score (nSPS) is 20.2. The number of nitrogens with one attached hydrogen (secondary N) is 3. The van der Waals surface area contributed by atoms with Gasteiger partial charge in [-0.2, -0.15) is 0 Å². The fraction of sp³-hybridized carbons (Fsp3) is 0.545. The third kappa shape index (κ3) is 5.27. The second-order valence-electron chi connectivity index (χ2n) is 8.00. The van der Waals surface area contributed by atoms with Gasteiger partial charge in [0.25, 0.3) is 0 Å². The number of hydrogen-bond acceptors (Lipinski definition) is 2. The maximum Gasteiger partial charge on any atom is 0.243 e. The number of fused-ring (bicyclic) bond motifs is 1. The number of hydrogen-bond donors (Lipinski definition) is 3. The molecule has 2 unspecified atom stereocenters. The Kier molecular flexibility index (Phi) is 6.95. The Labute approximate surface area is 167 Å². The topological polar surface area (TPSA) is 72.5 Å². The van der Waals surface area contributed by atoms with Gasteiger partial charge in [0.15, 0.2) is 5.96 Å². The number of para-hydroxylation sites is 1. The Morgan fingerprint density at radius 1 is 1.25 bits per heavy atom. The van der Waals surface area contributed by atoms with Crippen molar-refractivity contribution in [1.29, 1.82) is 0 Å². The van der Waals surface area contributed by atoms with Crippen LogP contribution in [0.3, 0.4) is 0 Å². The highest BCUT2D eigenvalue weighted by Crippen LogP contribution is 2.23. The molecule has 1 aliphatic carbocycles. The monoisotopic (exact) mass is 383 g/mol. The summed E-state index contributed by atoms with van der Waals surface area (Å²) in [6.45, 7) is 3.23. The molecule has 0 spiro atoms. The quantitative estimate of drug-likeness (QED) is 0.530. The number of nitrogens with zero attached hydrogens (tertiary/aromatic N) is 2. The fourth-order valence-electron chi connectivity index (χ4n) is 3.80. The predicted molar refractivity (Wildman–Crippen MR) is 116 cm³/mol. The molecule has 0 aliphatic heterocycles. The number of likely N-dealkylation sites (N-methyl/N-ethyl adjacent to an activating group) is 1. The van der Waals surface area contributed by atoms with E-state index in [2.05, 4.69) is 51.9 Å². The molecular formula is C22H33N5O. The van der Waals surface area contributed by atoms with Crippen LogP contribution < -0.4 is 10.6 Å². The number of aromatic amines is 1. The minimum absolute atomic E-state index is 0.00872. The largest absolute Gasteiger partial charge is 0.361 e. The van der Waals surface area contributed by atoms with Crippen molar-refractivity contribution < 1.29 is 4.79 Å². The lowest BCUT2D eigenvalue weighted by molar-refractivity contribution is -0.127. The van der Waals surface area contributed by atoms with Crippen molar-refractivity contribution in [2.75, 3.05) is 27.2 Å². The Morgan fingerprint density at radius 2 is 2.04 bits per heavy atom. The third-order valence-corrected chi connectivity index (χ3v) is 5.67. The van der Waals surface area contributed by atoms with E-state index in [0.717, 1.165) is 30.9 Å².